The fourth-order valence-electron chi connectivity index (χ4n) is 1.24. The average molecular weight is 210 g/mol. The molecular formula is C9H8BrN. The molecule has 0 unspecified atom stereocenters. The van der Waals surface area contributed by atoms with Gasteiger partial charge in [0.25, 0.3) is 0 Å². The molecule has 0 spiro atoms. The number of hydrogen-bond donors (Lipinski definition) is 1. The molecule has 0 radical (unpaired) electrons. The zero-order valence-electron chi connectivity index (χ0n) is 6.19. The van der Waals surface area contributed by atoms with Crippen LogP contribution >= 0.6 is 15.9 Å². The first kappa shape index (κ1) is 6.92. The zero-order valence-corrected chi connectivity index (χ0v) is 7.77. The van der Waals surface area contributed by atoms with Crippen LogP contribution in [0.5, 0.6) is 0 Å². The van der Waals surface area contributed by atoms with Crippen LogP contribution in [0, 0.1) is 6.92 Å². The van der Waals surface area contributed by atoms with Crippen LogP contribution in [-0.2, 0) is 0 Å². The van der Waals surface area contributed by atoms with E-state index in [2.05, 4.69) is 46.0 Å². The molecule has 1 heterocycles. The number of nitrogens with one attached hydrogen (secondary N) is 1. The molecule has 0 bridgehead atoms. The highest BCUT2D eigenvalue weighted by Crippen LogP contribution is 2.21. The van der Waals surface area contributed by atoms with Crippen LogP contribution in [0.15, 0.2) is 28.9 Å². The number of benzene rings is 1. The lowest BCUT2D eigenvalue weighted by molar-refractivity contribution is 1.42. The van der Waals surface area contributed by atoms with E-state index < -0.39 is 0 Å². The van der Waals surface area contributed by atoms with Crippen molar-refractivity contribution in [3.05, 3.63) is 34.4 Å². The van der Waals surface area contributed by atoms with Crippen LogP contribution < -0.4 is 0 Å². The summed E-state index contributed by atoms with van der Waals surface area (Å²) in [4.78, 5) is 3.20. The monoisotopic (exact) mass is 209 g/mol. The number of H-pyrrole nitrogens is 1. The van der Waals surface area contributed by atoms with Crippen molar-refractivity contribution in [3.8, 4) is 0 Å². The Labute approximate surface area is 73.6 Å². The molecule has 0 amide bonds. The van der Waals surface area contributed by atoms with Gasteiger partial charge in [-0.25, -0.2) is 0 Å². The Bertz CT molecular complexity index is 389. The molecule has 56 valence electrons. The first-order chi connectivity index (χ1) is 5.27. The number of aryl methyl sites for hydroxylation is 1. The van der Waals surface area contributed by atoms with Gasteiger partial charge in [0.2, 0.25) is 0 Å². The molecule has 0 aliphatic heterocycles. The summed E-state index contributed by atoms with van der Waals surface area (Å²) in [5.41, 5.74) is 2.49. The Morgan fingerprint density at radius 3 is 3.00 bits per heavy atom. The summed E-state index contributed by atoms with van der Waals surface area (Å²) < 4.78 is 1.12. The van der Waals surface area contributed by atoms with Gasteiger partial charge in [-0.15, -0.1) is 0 Å². The van der Waals surface area contributed by atoms with Gasteiger partial charge in [0.15, 0.2) is 0 Å². The molecular weight excluding hydrogens is 202 g/mol. The van der Waals surface area contributed by atoms with Crippen LogP contribution in [0.3, 0.4) is 0 Å². The fourth-order valence-corrected chi connectivity index (χ4v) is 1.60. The van der Waals surface area contributed by atoms with Crippen molar-refractivity contribution >= 4 is 26.8 Å². The van der Waals surface area contributed by atoms with Crippen LogP contribution in [0.25, 0.3) is 10.9 Å². The molecule has 0 saturated carbocycles. The Morgan fingerprint density at radius 2 is 2.18 bits per heavy atom. The molecule has 0 atom stereocenters. The van der Waals surface area contributed by atoms with Crippen molar-refractivity contribution < 1.29 is 0 Å². The highest BCUT2D eigenvalue weighted by atomic mass is 79.9. The Morgan fingerprint density at radius 1 is 1.36 bits per heavy atom. The number of aromatic amines is 1. The quantitative estimate of drug-likeness (QED) is 0.686. The molecule has 0 aliphatic carbocycles. The van der Waals surface area contributed by atoms with E-state index in [-0.39, 0.29) is 0 Å². The third kappa shape index (κ3) is 1.07. The minimum Gasteiger partial charge on any atom is -0.361 e. The van der Waals surface area contributed by atoms with E-state index in [1.54, 1.807) is 0 Å². The molecule has 0 aliphatic rings. The van der Waals surface area contributed by atoms with Crippen LogP contribution in [0.2, 0.25) is 0 Å². The Kier molecular flexibility index (Phi) is 1.50. The van der Waals surface area contributed by atoms with E-state index in [4.69, 9.17) is 0 Å². The van der Waals surface area contributed by atoms with Gasteiger partial charge >= 0.3 is 0 Å². The molecule has 0 saturated heterocycles. The third-order valence-electron chi connectivity index (χ3n) is 1.85. The first-order valence-electron chi connectivity index (χ1n) is 3.50. The van der Waals surface area contributed by atoms with Gasteiger partial charge in [0, 0.05) is 21.6 Å². The second kappa shape index (κ2) is 2.38. The normalized spacial score (nSPS) is 10.7. The standard InChI is InChI=1S/C9H8BrN/c1-6-5-11-9-4-7(10)2-3-8(6)9/h2-5,11H,1H3. The van der Waals surface area contributed by atoms with E-state index in [0.29, 0.717) is 0 Å². The second-order valence-electron chi connectivity index (χ2n) is 2.66. The molecule has 2 aromatic rings. The summed E-state index contributed by atoms with van der Waals surface area (Å²) in [5.74, 6) is 0. The number of hydrogen-bond acceptors (Lipinski definition) is 0. The van der Waals surface area contributed by atoms with E-state index >= 15 is 0 Å². The lowest BCUT2D eigenvalue weighted by Crippen LogP contribution is -1.68. The Balaban J connectivity index is 2.86. The highest BCUT2D eigenvalue weighted by Gasteiger charge is 1.97. The summed E-state index contributed by atoms with van der Waals surface area (Å²) in [7, 11) is 0. The lowest BCUT2D eigenvalue weighted by Gasteiger charge is -1.91. The van der Waals surface area contributed by atoms with Crippen molar-refractivity contribution in [2.24, 2.45) is 0 Å². The van der Waals surface area contributed by atoms with E-state index in [0.717, 1.165) is 4.47 Å². The topological polar surface area (TPSA) is 15.8 Å². The maximum Gasteiger partial charge on any atom is 0.0468 e. The second-order valence-corrected chi connectivity index (χ2v) is 3.58. The third-order valence-corrected chi connectivity index (χ3v) is 2.34. The van der Waals surface area contributed by atoms with Gasteiger partial charge in [-0.1, -0.05) is 22.0 Å². The molecule has 1 aromatic heterocycles. The van der Waals surface area contributed by atoms with Crippen molar-refractivity contribution in [2.45, 2.75) is 6.92 Å². The predicted octanol–water partition coefficient (Wildman–Crippen LogP) is 3.24. The first-order valence-corrected chi connectivity index (χ1v) is 4.30. The maximum absolute atomic E-state index is 3.42. The van der Waals surface area contributed by atoms with Gasteiger partial charge in [-0.3, -0.25) is 0 Å². The molecule has 11 heavy (non-hydrogen) atoms. The summed E-state index contributed by atoms with van der Waals surface area (Å²) in [6.07, 6.45) is 2.02. The predicted molar refractivity (Wildman–Crippen MR) is 50.7 cm³/mol. The van der Waals surface area contributed by atoms with Crippen LogP contribution in [0.4, 0.5) is 0 Å². The van der Waals surface area contributed by atoms with Crippen LogP contribution in [-0.4, -0.2) is 4.98 Å². The Hall–Kier alpha value is -0.760. The molecule has 1 N–H and O–H groups in total. The van der Waals surface area contributed by atoms with Gasteiger partial charge < -0.3 is 4.98 Å². The smallest absolute Gasteiger partial charge is 0.0468 e. The SMILES string of the molecule is Cc1c[nH]c2cc(Br)ccc12. The highest BCUT2D eigenvalue weighted by molar-refractivity contribution is 9.10. The molecule has 1 nitrogen and oxygen atoms in total. The summed E-state index contributed by atoms with van der Waals surface area (Å²) >= 11 is 3.42. The van der Waals surface area contributed by atoms with Crippen molar-refractivity contribution in [2.75, 3.05) is 0 Å². The van der Waals surface area contributed by atoms with Crippen molar-refractivity contribution in [3.63, 3.8) is 0 Å². The van der Waals surface area contributed by atoms with Gasteiger partial charge in [-0.05, 0) is 24.6 Å². The van der Waals surface area contributed by atoms with Gasteiger partial charge in [0.1, 0.15) is 0 Å². The molecule has 2 rings (SSSR count). The maximum atomic E-state index is 3.42. The van der Waals surface area contributed by atoms with Gasteiger partial charge in [-0.2, -0.15) is 0 Å². The van der Waals surface area contributed by atoms with Crippen LogP contribution in [0.1, 0.15) is 5.56 Å². The van der Waals surface area contributed by atoms with E-state index in [1.165, 1.54) is 16.5 Å². The minimum atomic E-state index is 1.12. The van der Waals surface area contributed by atoms with Crippen molar-refractivity contribution in [1.29, 1.82) is 0 Å². The number of aromatic nitrogens is 1. The van der Waals surface area contributed by atoms with Gasteiger partial charge in [0.05, 0.1) is 0 Å². The molecule has 1 aromatic carbocycles. The van der Waals surface area contributed by atoms with E-state index in [1.807, 2.05) is 6.20 Å². The van der Waals surface area contributed by atoms with Crippen molar-refractivity contribution in [1.82, 2.24) is 4.98 Å². The molecule has 0 fully saturated rings. The average Bonchev–Trinajstić information content (AvgIpc) is 2.32. The minimum absolute atomic E-state index is 1.12. The summed E-state index contributed by atoms with van der Waals surface area (Å²) in [5, 5.41) is 1.30. The summed E-state index contributed by atoms with van der Waals surface area (Å²) in [6, 6.07) is 6.26. The lowest BCUT2D eigenvalue weighted by atomic mass is 10.2. The number of rotatable bonds is 0. The number of halogens is 1. The fraction of sp³-hybridized carbons (Fsp3) is 0.111. The number of fused-ring (bicyclic) bond motifs is 1. The van der Waals surface area contributed by atoms with E-state index in [9.17, 15) is 0 Å². The summed E-state index contributed by atoms with van der Waals surface area (Å²) in [6.45, 7) is 2.10. The largest absolute Gasteiger partial charge is 0.361 e. The molecule has 2 heteroatoms. The zero-order chi connectivity index (χ0) is 7.84.